The van der Waals surface area contributed by atoms with Gasteiger partial charge in [0.05, 0.1) is 11.4 Å². The van der Waals surface area contributed by atoms with Crippen LogP contribution in [0.1, 0.15) is 33.1 Å². The first kappa shape index (κ1) is 13.5. The third-order valence-electron chi connectivity index (χ3n) is 3.77. The summed E-state index contributed by atoms with van der Waals surface area (Å²) in [6.07, 6.45) is 3.77. The molecule has 1 aromatic carbocycles. The van der Waals surface area contributed by atoms with Crippen LogP contribution in [-0.2, 0) is 0 Å². The molecule has 1 aromatic rings. The van der Waals surface area contributed by atoms with E-state index < -0.39 is 0 Å². The van der Waals surface area contributed by atoms with E-state index in [-0.39, 0.29) is 0 Å². The van der Waals surface area contributed by atoms with Crippen molar-refractivity contribution in [2.24, 2.45) is 5.41 Å². The molecule has 3 heteroatoms. The summed E-state index contributed by atoms with van der Waals surface area (Å²) < 4.78 is 0. The number of rotatable bonds is 3. The topological polar surface area (TPSA) is 15.3 Å². The second-order valence-corrected chi connectivity index (χ2v) is 6.74. The van der Waals surface area contributed by atoms with Crippen molar-refractivity contribution in [3.8, 4) is 0 Å². The molecule has 0 bridgehead atoms. The number of anilines is 2. The van der Waals surface area contributed by atoms with Gasteiger partial charge in [-0.05, 0) is 42.9 Å². The van der Waals surface area contributed by atoms with Crippen LogP contribution in [0.15, 0.2) is 18.2 Å². The quantitative estimate of drug-likeness (QED) is 0.873. The van der Waals surface area contributed by atoms with Crippen LogP contribution in [0.2, 0.25) is 5.02 Å². The fourth-order valence-electron chi connectivity index (χ4n) is 2.79. The molecule has 100 valence electrons. The van der Waals surface area contributed by atoms with Crippen LogP contribution in [0.3, 0.4) is 0 Å². The number of hydrogen-bond acceptors (Lipinski definition) is 2. The zero-order valence-corrected chi connectivity index (χ0v) is 12.5. The van der Waals surface area contributed by atoms with E-state index in [0.29, 0.717) is 11.5 Å². The maximum Gasteiger partial charge on any atom is 0.0597 e. The van der Waals surface area contributed by atoms with Gasteiger partial charge in [-0.2, -0.15) is 0 Å². The molecule has 1 N–H and O–H groups in total. The number of nitrogens with zero attached hydrogens (tertiary/aromatic N) is 1. The summed E-state index contributed by atoms with van der Waals surface area (Å²) >= 11 is 6.10. The van der Waals surface area contributed by atoms with Gasteiger partial charge in [-0.15, -0.1) is 0 Å². The summed E-state index contributed by atoms with van der Waals surface area (Å²) in [5.74, 6) is 0. The average molecular weight is 267 g/mol. The van der Waals surface area contributed by atoms with E-state index in [1.54, 1.807) is 0 Å². The van der Waals surface area contributed by atoms with Crippen LogP contribution in [-0.4, -0.2) is 20.1 Å². The van der Waals surface area contributed by atoms with Crippen molar-refractivity contribution in [1.29, 1.82) is 0 Å². The van der Waals surface area contributed by atoms with Crippen LogP contribution in [0, 0.1) is 5.41 Å². The molecular weight excluding hydrogens is 244 g/mol. The number of benzene rings is 1. The summed E-state index contributed by atoms with van der Waals surface area (Å²) in [6.45, 7) is 4.69. The highest BCUT2D eigenvalue weighted by Crippen LogP contribution is 2.39. The van der Waals surface area contributed by atoms with E-state index in [9.17, 15) is 0 Å². The van der Waals surface area contributed by atoms with E-state index >= 15 is 0 Å². The van der Waals surface area contributed by atoms with Gasteiger partial charge in [0.1, 0.15) is 0 Å². The lowest BCUT2D eigenvalue weighted by Crippen LogP contribution is -2.20. The minimum absolute atomic E-state index is 0.467. The molecule has 0 radical (unpaired) electrons. The highest BCUT2D eigenvalue weighted by Gasteiger charge is 2.31. The smallest absolute Gasteiger partial charge is 0.0597 e. The van der Waals surface area contributed by atoms with Crippen LogP contribution in [0.5, 0.6) is 0 Å². The lowest BCUT2D eigenvalue weighted by molar-refractivity contribution is 0.378. The predicted octanol–water partition coefficient (Wildman–Crippen LogP) is 4.40. The molecule has 1 aliphatic rings. The molecule has 0 heterocycles. The van der Waals surface area contributed by atoms with Gasteiger partial charge >= 0.3 is 0 Å². The Bertz CT molecular complexity index is 427. The van der Waals surface area contributed by atoms with Crippen LogP contribution < -0.4 is 10.2 Å². The molecule has 0 saturated heterocycles. The maximum atomic E-state index is 6.10. The Labute approximate surface area is 115 Å². The highest BCUT2D eigenvalue weighted by atomic mass is 35.5. The summed E-state index contributed by atoms with van der Waals surface area (Å²) in [5, 5.41) is 4.45. The van der Waals surface area contributed by atoms with E-state index in [4.69, 9.17) is 11.6 Å². The van der Waals surface area contributed by atoms with Crippen LogP contribution in [0.25, 0.3) is 0 Å². The van der Waals surface area contributed by atoms with E-state index in [0.717, 1.165) is 10.7 Å². The van der Waals surface area contributed by atoms with Crippen molar-refractivity contribution in [2.45, 2.75) is 39.2 Å². The molecule has 1 saturated carbocycles. The fourth-order valence-corrected chi connectivity index (χ4v) is 2.97. The van der Waals surface area contributed by atoms with Crippen LogP contribution in [0.4, 0.5) is 11.4 Å². The highest BCUT2D eigenvalue weighted by molar-refractivity contribution is 6.31. The molecule has 0 aliphatic heterocycles. The second-order valence-electron chi connectivity index (χ2n) is 6.30. The maximum absolute atomic E-state index is 6.10. The Morgan fingerprint density at radius 1 is 1.33 bits per heavy atom. The number of hydrogen-bond donors (Lipinski definition) is 1. The van der Waals surface area contributed by atoms with Gasteiger partial charge in [0.25, 0.3) is 0 Å². The van der Waals surface area contributed by atoms with Crippen molar-refractivity contribution in [3.63, 3.8) is 0 Å². The lowest BCUT2D eigenvalue weighted by atomic mass is 9.92. The van der Waals surface area contributed by atoms with Gasteiger partial charge < -0.3 is 10.2 Å². The van der Waals surface area contributed by atoms with Gasteiger partial charge in [-0.25, -0.2) is 0 Å². The molecule has 2 nitrogen and oxygen atoms in total. The average Bonchev–Trinajstić information content (AvgIpc) is 2.57. The summed E-state index contributed by atoms with van der Waals surface area (Å²) in [4.78, 5) is 2.12. The third-order valence-corrected chi connectivity index (χ3v) is 4.00. The van der Waals surface area contributed by atoms with Crippen molar-refractivity contribution < 1.29 is 0 Å². The molecule has 1 atom stereocenters. The van der Waals surface area contributed by atoms with Gasteiger partial charge in [0, 0.05) is 25.2 Å². The van der Waals surface area contributed by atoms with Crippen molar-refractivity contribution in [1.82, 2.24) is 0 Å². The standard InChI is InChI=1S/C15H23ClN2/c1-15(2)8-7-12(10-15)17-13-9-11(16)5-6-14(13)18(3)4/h5-6,9,12,17H,7-8,10H2,1-4H3. The molecule has 1 unspecified atom stereocenters. The molecule has 1 aliphatic carbocycles. The SMILES string of the molecule is CN(C)c1ccc(Cl)cc1NC1CCC(C)(C)C1. The number of nitrogens with one attached hydrogen (secondary N) is 1. The summed E-state index contributed by atoms with van der Waals surface area (Å²) in [5.41, 5.74) is 2.81. The Hall–Kier alpha value is -0.890. The van der Waals surface area contributed by atoms with Crippen molar-refractivity contribution in [2.75, 3.05) is 24.3 Å². The zero-order valence-electron chi connectivity index (χ0n) is 11.8. The Morgan fingerprint density at radius 2 is 2.06 bits per heavy atom. The third kappa shape index (κ3) is 3.11. The Kier molecular flexibility index (Phi) is 3.76. The van der Waals surface area contributed by atoms with Crippen LogP contribution >= 0.6 is 11.6 Å². The molecular formula is C15H23ClN2. The van der Waals surface area contributed by atoms with E-state index in [1.807, 2.05) is 12.1 Å². The molecule has 18 heavy (non-hydrogen) atoms. The molecule has 1 fully saturated rings. The van der Waals surface area contributed by atoms with Gasteiger partial charge in [0.15, 0.2) is 0 Å². The molecule has 0 amide bonds. The largest absolute Gasteiger partial charge is 0.381 e. The summed E-state index contributed by atoms with van der Waals surface area (Å²) in [6, 6.07) is 6.62. The Morgan fingerprint density at radius 3 is 2.61 bits per heavy atom. The Balaban J connectivity index is 2.16. The lowest BCUT2D eigenvalue weighted by Gasteiger charge is -2.23. The first-order valence-corrected chi connectivity index (χ1v) is 6.99. The van der Waals surface area contributed by atoms with Gasteiger partial charge in [-0.3, -0.25) is 0 Å². The normalized spacial score (nSPS) is 21.9. The first-order chi connectivity index (χ1) is 8.37. The van der Waals surface area contributed by atoms with E-state index in [2.05, 4.69) is 44.2 Å². The summed E-state index contributed by atoms with van der Waals surface area (Å²) in [7, 11) is 4.13. The monoisotopic (exact) mass is 266 g/mol. The number of halogens is 1. The van der Waals surface area contributed by atoms with Crippen molar-refractivity contribution >= 4 is 23.0 Å². The van der Waals surface area contributed by atoms with Crippen molar-refractivity contribution in [3.05, 3.63) is 23.2 Å². The fraction of sp³-hybridized carbons (Fsp3) is 0.600. The predicted molar refractivity (Wildman–Crippen MR) is 80.8 cm³/mol. The minimum atomic E-state index is 0.467. The molecule has 0 aromatic heterocycles. The van der Waals surface area contributed by atoms with Gasteiger partial charge in [-0.1, -0.05) is 25.4 Å². The van der Waals surface area contributed by atoms with E-state index in [1.165, 1.54) is 24.9 Å². The first-order valence-electron chi connectivity index (χ1n) is 6.61. The zero-order chi connectivity index (χ0) is 13.3. The van der Waals surface area contributed by atoms with Gasteiger partial charge in [0.2, 0.25) is 0 Å². The molecule has 2 rings (SSSR count). The second kappa shape index (κ2) is 5.00. The molecule has 0 spiro atoms. The minimum Gasteiger partial charge on any atom is -0.381 e.